The number of carbonyl (C=O) groups is 1. The average molecular weight is 249 g/mol. The number of rotatable bonds is 4. The first-order chi connectivity index (χ1) is 7.00. The molecule has 16 heavy (non-hydrogen) atoms. The number of amides is 1. The first kappa shape index (κ1) is 15.7. The molecule has 2 N–H and O–H groups in total. The molecular formula is C12H25ClN2O. The highest BCUT2D eigenvalue weighted by Gasteiger charge is 2.20. The highest BCUT2D eigenvalue weighted by molar-refractivity contribution is 5.85. The molecule has 0 heterocycles. The molecule has 0 aliphatic heterocycles. The van der Waals surface area contributed by atoms with E-state index in [0.717, 1.165) is 13.1 Å². The zero-order valence-corrected chi connectivity index (χ0v) is 11.5. The van der Waals surface area contributed by atoms with Gasteiger partial charge in [-0.2, -0.15) is 0 Å². The van der Waals surface area contributed by atoms with Gasteiger partial charge in [-0.3, -0.25) is 4.79 Å². The van der Waals surface area contributed by atoms with Crippen LogP contribution >= 0.6 is 12.4 Å². The lowest BCUT2D eigenvalue weighted by Crippen LogP contribution is -2.40. The van der Waals surface area contributed by atoms with Crippen LogP contribution in [0.1, 0.15) is 46.5 Å². The lowest BCUT2D eigenvalue weighted by molar-refractivity contribution is -0.128. The monoisotopic (exact) mass is 248 g/mol. The third-order valence-electron chi connectivity index (χ3n) is 2.88. The Morgan fingerprint density at radius 2 is 1.75 bits per heavy atom. The average Bonchev–Trinajstić information content (AvgIpc) is 2.63. The summed E-state index contributed by atoms with van der Waals surface area (Å²) >= 11 is 0. The van der Waals surface area contributed by atoms with Gasteiger partial charge in [-0.05, 0) is 12.8 Å². The molecule has 1 saturated carbocycles. The van der Waals surface area contributed by atoms with Crippen LogP contribution in [-0.2, 0) is 4.79 Å². The largest absolute Gasteiger partial charge is 0.354 e. The lowest BCUT2D eigenvalue weighted by Gasteiger charge is -2.18. The van der Waals surface area contributed by atoms with Gasteiger partial charge < -0.3 is 10.6 Å². The fourth-order valence-corrected chi connectivity index (χ4v) is 1.85. The summed E-state index contributed by atoms with van der Waals surface area (Å²) in [6.45, 7) is 7.45. The number of hydrogen-bond donors (Lipinski definition) is 2. The van der Waals surface area contributed by atoms with Gasteiger partial charge in [0.1, 0.15) is 0 Å². The van der Waals surface area contributed by atoms with E-state index in [1.165, 1.54) is 25.7 Å². The predicted molar refractivity (Wildman–Crippen MR) is 70.0 cm³/mol. The van der Waals surface area contributed by atoms with E-state index in [1.807, 2.05) is 20.8 Å². The zero-order valence-electron chi connectivity index (χ0n) is 10.6. The van der Waals surface area contributed by atoms with E-state index in [0.29, 0.717) is 6.04 Å². The normalized spacial score (nSPS) is 16.9. The first-order valence-electron chi connectivity index (χ1n) is 6.02. The molecule has 96 valence electrons. The van der Waals surface area contributed by atoms with E-state index in [1.54, 1.807) is 0 Å². The van der Waals surface area contributed by atoms with E-state index in [4.69, 9.17) is 0 Å². The quantitative estimate of drug-likeness (QED) is 0.749. The highest BCUT2D eigenvalue weighted by Crippen LogP contribution is 2.17. The maximum atomic E-state index is 11.5. The lowest BCUT2D eigenvalue weighted by atomic mass is 9.96. The first-order valence-corrected chi connectivity index (χ1v) is 6.02. The number of halogens is 1. The molecule has 0 bridgehead atoms. The van der Waals surface area contributed by atoms with E-state index in [-0.39, 0.29) is 23.7 Å². The van der Waals surface area contributed by atoms with Gasteiger partial charge in [-0.1, -0.05) is 33.6 Å². The van der Waals surface area contributed by atoms with Crippen LogP contribution in [0.3, 0.4) is 0 Å². The van der Waals surface area contributed by atoms with Gasteiger partial charge in [0.05, 0.1) is 0 Å². The molecule has 0 spiro atoms. The molecule has 1 rings (SSSR count). The molecule has 0 saturated heterocycles. The van der Waals surface area contributed by atoms with Crippen LogP contribution in [-0.4, -0.2) is 25.0 Å². The fourth-order valence-electron chi connectivity index (χ4n) is 1.85. The van der Waals surface area contributed by atoms with Crippen LogP contribution in [0.25, 0.3) is 0 Å². The predicted octanol–water partition coefficient (Wildman–Crippen LogP) is 2.10. The third-order valence-corrected chi connectivity index (χ3v) is 2.88. The summed E-state index contributed by atoms with van der Waals surface area (Å²) in [6.07, 6.45) is 5.30. The van der Waals surface area contributed by atoms with E-state index in [2.05, 4.69) is 10.6 Å². The molecule has 0 aromatic carbocycles. The van der Waals surface area contributed by atoms with Crippen LogP contribution in [0, 0.1) is 5.41 Å². The van der Waals surface area contributed by atoms with Gasteiger partial charge in [-0.25, -0.2) is 0 Å². The Balaban J connectivity index is 0.00000225. The van der Waals surface area contributed by atoms with Crippen molar-refractivity contribution in [3.63, 3.8) is 0 Å². The Morgan fingerprint density at radius 1 is 1.19 bits per heavy atom. The number of hydrogen-bond acceptors (Lipinski definition) is 2. The second kappa shape index (κ2) is 7.13. The summed E-state index contributed by atoms with van der Waals surface area (Å²) in [7, 11) is 0. The maximum Gasteiger partial charge on any atom is 0.225 e. The van der Waals surface area contributed by atoms with Crippen molar-refractivity contribution in [3.8, 4) is 0 Å². The summed E-state index contributed by atoms with van der Waals surface area (Å²) < 4.78 is 0. The highest BCUT2D eigenvalue weighted by atomic mass is 35.5. The smallest absolute Gasteiger partial charge is 0.225 e. The minimum absolute atomic E-state index is 0. The Bertz CT molecular complexity index is 208. The van der Waals surface area contributed by atoms with Gasteiger partial charge in [0, 0.05) is 24.5 Å². The molecule has 0 unspecified atom stereocenters. The molecular weight excluding hydrogens is 224 g/mol. The van der Waals surface area contributed by atoms with Crippen LogP contribution in [0.15, 0.2) is 0 Å². The van der Waals surface area contributed by atoms with Crippen molar-refractivity contribution >= 4 is 18.3 Å². The third kappa shape index (κ3) is 5.71. The molecule has 0 atom stereocenters. The van der Waals surface area contributed by atoms with Gasteiger partial charge in [0.15, 0.2) is 0 Å². The minimum Gasteiger partial charge on any atom is -0.354 e. The Labute approximate surface area is 105 Å². The second-order valence-corrected chi connectivity index (χ2v) is 5.44. The molecule has 0 aromatic rings. The van der Waals surface area contributed by atoms with Gasteiger partial charge in [0.25, 0.3) is 0 Å². The summed E-state index contributed by atoms with van der Waals surface area (Å²) in [5.74, 6) is 0.135. The van der Waals surface area contributed by atoms with Crippen molar-refractivity contribution in [1.29, 1.82) is 0 Å². The van der Waals surface area contributed by atoms with Gasteiger partial charge in [-0.15, -0.1) is 12.4 Å². The van der Waals surface area contributed by atoms with Crippen LogP contribution in [0.5, 0.6) is 0 Å². The molecule has 1 fully saturated rings. The standard InChI is InChI=1S/C12H24N2O.ClH/c1-12(2,3)11(15)14-9-8-13-10-6-4-5-7-10;/h10,13H,4-9H2,1-3H3,(H,14,15);1H. The second-order valence-electron chi connectivity index (χ2n) is 5.44. The van der Waals surface area contributed by atoms with Crippen molar-refractivity contribution in [3.05, 3.63) is 0 Å². The molecule has 4 heteroatoms. The van der Waals surface area contributed by atoms with Gasteiger partial charge in [0.2, 0.25) is 5.91 Å². The molecule has 0 radical (unpaired) electrons. The molecule has 0 aromatic heterocycles. The van der Waals surface area contributed by atoms with Crippen LogP contribution in [0.4, 0.5) is 0 Å². The fraction of sp³-hybridized carbons (Fsp3) is 0.917. The summed E-state index contributed by atoms with van der Waals surface area (Å²) in [4.78, 5) is 11.5. The van der Waals surface area contributed by atoms with Crippen molar-refractivity contribution in [2.24, 2.45) is 5.41 Å². The van der Waals surface area contributed by atoms with Crippen molar-refractivity contribution in [2.45, 2.75) is 52.5 Å². The van der Waals surface area contributed by atoms with Crippen molar-refractivity contribution in [2.75, 3.05) is 13.1 Å². The summed E-state index contributed by atoms with van der Waals surface area (Å²) in [6, 6.07) is 0.691. The van der Waals surface area contributed by atoms with E-state index < -0.39 is 0 Å². The molecule has 1 aliphatic rings. The zero-order chi connectivity index (χ0) is 11.3. The summed E-state index contributed by atoms with van der Waals surface area (Å²) in [5.41, 5.74) is -0.270. The SMILES string of the molecule is CC(C)(C)C(=O)NCCNC1CCCC1.Cl. The Morgan fingerprint density at radius 3 is 2.25 bits per heavy atom. The van der Waals surface area contributed by atoms with Crippen LogP contribution in [0.2, 0.25) is 0 Å². The molecule has 3 nitrogen and oxygen atoms in total. The van der Waals surface area contributed by atoms with Crippen molar-refractivity contribution in [1.82, 2.24) is 10.6 Å². The maximum absolute atomic E-state index is 11.5. The van der Waals surface area contributed by atoms with Crippen LogP contribution < -0.4 is 10.6 Å². The van der Waals surface area contributed by atoms with Gasteiger partial charge >= 0.3 is 0 Å². The Hall–Kier alpha value is -0.280. The van der Waals surface area contributed by atoms with Crippen molar-refractivity contribution < 1.29 is 4.79 Å². The minimum atomic E-state index is -0.270. The number of carbonyl (C=O) groups excluding carboxylic acids is 1. The Kier molecular flexibility index (Phi) is 7.00. The van der Waals surface area contributed by atoms with E-state index >= 15 is 0 Å². The number of nitrogens with one attached hydrogen (secondary N) is 2. The topological polar surface area (TPSA) is 41.1 Å². The summed E-state index contributed by atoms with van der Waals surface area (Å²) in [5, 5.41) is 6.42. The molecule has 1 amide bonds. The molecule has 1 aliphatic carbocycles. The van der Waals surface area contributed by atoms with E-state index in [9.17, 15) is 4.79 Å².